The number of anilines is 1. The molecule has 6 nitrogen and oxygen atoms in total. The summed E-state index contributed by atoms with van der Waals surface area (Å²) in [5, 5.41) is 2.38. The van der Waals surface area contributed by atoms with E-state index in [0.717, 1.165) is 11.3 Å². The minimum Gasteiger partial charge on any atom is -0.496 e. The van der Waals surface area contributed by atoms with Gasteiger partial charge in [0.1, 0.15) is 11.8 Å². The highest BCUT2D eigenvalue weighted by molar-refractivity contribution is 6.04. The molecule has 0 aliphatic carbocycles. The van der Waals surface area contributed by atoms with Crippen LogP contribution in [-0.2, 0) is 9.59 Å². The topological polar surface area (TPSA) is 84.7 Å². The summed E-state index contributed by atoms with van der Waals surface area (Å²) >= 11 is 0. The maximum Gasteiger partial charge on any atom is 0.249 e. The van der Waals surface area contributed by atoms with Crippen LogP contribution in [0.1, 0.15) is 31.9 Å². The SMILES string of the molecule is CCC1C(=O)NC(=O)CN1c1cccc(OC)c1[C@@H](C)N. The lowest BCUT2D eigenvalue weighted by Crippen LogP contribution is -2.58. The molecule has 0 bridgehead atoms. The van der Waals surface area contributed by atoms with Gasteiger partial charge < -0.3 is 15.4 Å². The first-order valence-corrected chi connectivity index (χ1v) is 7.02. The summed E-state index contributed by atoms with van der Waals surface area (Å²) in [7, 11) is 1.58. The van der Waals surface area contributed by atoms with Crippen molar-refractivity contribution in [3.05, 3.63) is 23.8 Å². The number of amides is 2. The number of imide groups is 1. The molecule has 1 saturated heterocycles. The highest BCUT2D eigenvalue weighted by atomic mass is 16.5. The first-order chi connectivity index (χ1) is 9.99. The highest BCUT2D eigenvalue weighted by Gasteiger charge is 2.34. The fourth-order valence-electron chi connectivity index (χ4n) is 2.74. The molecule has 1 aromatic rings. The van der Waals surface area contributed by atoms with Crippen molar-refractivity contribution in [2.24, 2.45) is 5.73 Å². The number of hydrogen-bond donors (Lipinski definition) is 2. The summed E-state index contributed by atoms with van der Waals surface area (Å²) in [4.78, 5) is 25.5. The van der Waals surface area contributed by atoms with Gasteiger partial charge in [-0.15, -0.1) is 0 Å². The van der Waals surface area contributed by atoms with Crippen molar-refractivity contribution in [2.75, 3.05) is 18.6 Å². The number of nitrogens with zero attached hydrogens (tertiary/aromatic N) is 1. The average Bonchev–Trinajstić information content (AvgIpc) is 2.45. The average molecular weight is 291 g/mol. The van der Waals surface area contributed by atoms with Crippen LogP contribution in [0.5, 0.6) is 5.75 Å². The molecule has 2 amide bonds. The smallest absolute Gasteiger partial charge is 0.249 e. The van der Waals surface area contributed by atoms with E-state index in [9.17, 15) is 9.59 Å². The molecule has 1 heterocycles. The molecule has 1 unspecified atom stereocenters. The number of nitrogens with two attached hydrogens (primary N) is 1. The van der Waals surface area contributed by atoms with Gasteiger partial charge in [-0.3, -0.25) is 14.9 Å². The molecule has 0 aromatic heterocycles. The van der Waals surface area contributed by atoms with Crippen LogP contribution >= 0.6 is 0 Å². The third-order valence-electron chi connectivity index (χ3n) is 3.67. The second kappa shape index (κ2) is 6.13. The summed E-state index contributed by atoms with van der Waals surface area (Å²) in [6.07, 6.45) is 0.606. The van der Waals surface area contributed by atoms with Crippen LogP contribution in [0.4, 0.5) is 5.69 Å². The molecule has 1 fully saturated rings. The predicted octanol–water partition coefficient (Wildman–Crippen LogP) is 0.956. The van der Waals surface area contributed by atoms with Crippen molar-refractivity contribution in [1.29, 1.82) is 0 Å². The van der Waals surface area contributed by atoms with Gasteiger partial charge in [0.25, 0.3) is 0 Å². The maximum atomic E-state index is 12.0. The van der Waals surface area contributed by atoms with Crippen LogP contribution in [0.3, 0.4) is 0 Å². The summed E-state index contributed by atoms with van der Waals surface area (Å²) in [6, 6.07) is 4.88. The molecular weight excluding hydrogens is 270 g/mol. The van der Waals surface area contributed by atoms with Crippen LogP contribution < -0.4 is 20.7 Å². The fraction of sp³-hybridized carbons (Fsp3) is 0.467. The van der Waals surface area contributed by atoms with E-state index in [4.69, 9.17) is 10.5 Å². The van der Waals surface area contributed by atoms with Gasteiger partial charge in [0, 0.05) is 17.3 Å². The number of methoxy groups -OCH3 is 1. The van der Waals surface area contributed by atoms with E-state index >= 15 is 0 Å². The second-order valence-electron chi connectivity index (χ2n) is 5.15. The lowest BCUT2D eigenvalue weighted by atomic mass is 10.0. The number of carbonyl (C=O) groups is 2. The van der Waals surface area contributed by atoms with Crippen LogP contribution in [0.25, 0.3) is 0 Å². The minimum atomic E-state index is -0.382. The number of benzene rings is 1. The summed E-state index contributed by atoms with van der Waals surface area (Å²) in [6.45, 7) is 3.91. The van der Waals surface area contributed by atoms with Gasteiger partial charge in [-0.25, -0.2) is 0 Å². The van der Waals surface area contributed by atoms with Gasteiger partial charge in [-0.2, -0.15) is 0 Å². The van der Waals surface area contributed by atoms with Gasteiger partial charge in [0.05, 0.1) is 13.7 Å². The molecule has 2 rings (SSSR count). The molecule has 0 spiro atoms. The highest BCUT2D eigenvalue weighted by Crippen LogP contribution is 2.35. The van der Waals surface area contributed by atoms with Crippen molar-refractivity contribution in [3.8, 4) is 5.75 Å². The van der Waals surface area contributed by atoms with Gasteiger partial charge in [0.2, 0.25) is 11.8 Å². The molecule has 1 aliphatic rings. The zero-order valence-corrected chi connectivity index (χ0v) is 12.6. The van der Waals surface area contributed by atoms with E-state index < -0.39 is 0 Å². The van der Waals surface area contributed by atoms with Gasteiger partial charge in [-0.1, -0.05) is 13.0 Å². The Balaban J connectivity index is 2.53. The van der Waals surface area contributed by atoms with Crippen molar-refractivity contribution in [3.63, 3.8) is 0 Å². The minimum absolute atomic E-state index is 0.136. The monoisotopic (exact) mass is 291 g/mol. The van der Waals surface area contributed by atoms with Crippen LogP contribution in [0, 0.1) is 0 Å². The molecule has 0 radical (unpaired) electrons. The van der Waals surface area contributed by atoms with E-state index in [1.807, 2.05) is 36.9 Å². The van der Waals surface area contributed by atoms with Gasteiger partial charge >= 0.3 is 0 Å². The predicted molar refractivity (Wildman–Crippen MR) is 80.2 cm³/mol. The number of ether oxygens (including phenoxy) is 1. The molecule has 1 aliphatic heterocycles. The molecule has 3 N–H and O–H groups in total. The molecule has 6 heteroatoms. The van der Waals surface area contributed by atoms with Gasteiger partial charge in [0.15, 0.2) is 0 Å². The largest absolute Gasteiger partial charge is 0.496 e. The standard InChI is InChI=1S/C15H21N3O3/c1-4-10-15(20)17-13(19)8-18(10)11-6-5-7-12(21-3)14(11)9(2)16/h5-7,9-10H,4,8,16H2,1-3H3,(H,17,19,20)/t9-,10?/m1/s1. The van der Waals surface area contributed by atoms with Crippen molar-refractivity contribution in [2.45, 2.75) is 32.4 Å². The third kappa shape index (κ3) is 2.85. The van der Waals surface area contributed by atoms with E-state index in [1.165, 1.54) is 0 Å². The lowest BCUT2D eigenvalue weighted by molar-refractivity contribution is -0.132. The maximum absolute atomic E-state index is 12.0. The normalized spacial score (nSPS) is 20.2. The number of nitrogens with one attached hydrogen (secondary N) is 1. The molecular formula is C15H21N3O3. The van der Waals surface area contributed by atoms with Crippen molar-refractivity contribution >= 4 is 17.5 Å². The Morgan fingerprint density at radius 2 is 2.19 bits per heavy atom. The molecule has 0 saturated carbocycles. The lowest BCUT2D eigenvalue weighted by Gasteiger charge is -2.37. The van der Waals surface area contributed by atoms with E-state index in [2.05, 4.69) is 5.32 Å². The number of piperazine rings is 1. The Morgan fingerprint density at radius 1 is 1.48 bits per heavy atom. The third-order valence-corrected chi connectivity index (χ3v) is 3.67. The Hall–Kier alpha value is -2.08. The quantitative estimate of drug-likeness (QED) is 0.807. The second-order valence-corrected chi connectivity index (χ2v) is 5.15. The molecule has 2 atom stereocenters. The summed E-state index contributed by atoms with van der Waals surface area (Å²) in [5.41, 5.74) is 7.65. The summed E-state index contributed by atoms with van der Waals surface area (Å²) in [5.74, 6) is 0.0890. The van der Waals surface area contributed by atoms with Gasteiger partial charge in [-0.05, 0) is 25.5 Å². The zero-order chi connectivity index (χ0) is 15.6. The number of carbonyl (C=O) groups excluding carboxylic acids is 2. The van der Waals surface area contributed by atoms with E-state index in [1.54, 1.807) is 7.11 Å². The van der Waals surface area contributed by atoms with Crippen molar-refractivity contribution in [1.82, 2.24) is 5.32 Å². The van der Waals surface area contributed by atoms with Crippen molar-refractivity contribution < 1.29 is 14.3 Å². The Bertz CT molecular complexity index is 557. The van der Waals surface area contributed by atoms with Crippen LogP contribution in [-0.4, -0.2) is 31.5 Å². The van der Waals surface area contributed by atoms with Crippen LogP contribution in [0.15, 0.2) is 18.2 Å². The zero-order valence-electron chi connectivity index (χ0n) is 12.6. The summed E-state index contributed by atoms with van der Waals surface area (Å²) < 4.78 is 5.37. The Kier molecular flexibility index (Phi) is 4.47. The Morgan fingerprint density at radius 3 is 2.76 bits per heavy atom. The first-order valence-electron chi connectivity index (χ1n) is 7.02. The van der Waals surface area contributed by atoms with Crippen LogP contribution in [0.2, 0.25) is 0 Å². The molecule has 1 aromatic carbocycles. The molecule has 21 heavy (non-hydrogen) atoms. The van der Waals surface area contributed by atoms with E-state index in [-0.39, 0.29) is 30.4 Å². The number of rotatable bonds is 4. The Labute approximate surface area is 124 Å². The number of hydrogen-bond acceptors (Lipinski definition) is 5. The van der Waals surface area contributed by atoms with E-state index in [0.29, 0.717) is 12.2 Å². The molecule has 114 valence electrons. The first kappa shape index (κ1) is 15.3. The fourth-order valence-corrected chi connectivity index (χ4v) is 2.74.